The fourth-order valence-electron chi connectivity index (χ4n) is 2.20. The number of methoxy groups -OCH3 is 1. The van der Waals surface area contributed by atoms with E-state index in [1.54, 1.807) is 7.11 Å². The molecule has 0 saturated carbocycles. The maximum Gasteiger partial charge on any atom is 0.0562 e. The first-order valence-corrected chi connectivity index (χ1v) is 7.79. The summed E-state index contributed by atoms with van der Waals surface area (Å²) in [6, 6.07) is 14.7. The van der Waals surface area contributed by atoms with E-state index in [1.807, 2.05) is 0 Å². The summed E-state index contributed by atoms with van der Waals surface area (Å²) >= 11 is 2.38. The molecule has 0 amide bonds. The van der Waals surface area contributed by atoms with Gasteiger partial charge in [0.1, 0.15) is 0 Å². The summed E-state index contributed by atoms with van der Waals surface area (Å²) < 4.78 is 6.35. The second-order valence-corrected chi connectivity index (χ2v) is 6.02. The van der Waals surface area contributed by atoms with E-state index in [9.17, 15) is 0 Å². The maximum atomic E-state index is 6.41. The molecule has 2 rings (SSSR count). The Balaban J connectivity index is 2.20. The Kier molecular flexibility index (Phi) is 5.57. The number of halogens is 1. The molecule has 0 radical (unpaired) electrons. The number of benzene rings is 2. The van der Waals surface area contributed by atoms with Gasteiger partial charge in [-0.1, -0.05) is 42.5 Å². The third kappa shape index (κ3) is 3.59. The number of aryl methyl sites for hydroxylation is 1. The molecular weight excluding hydrogens is 361 g/mol. The second-order valence-electron chi connectivity index (χ2n) is 4.94. The Labute approximate surface area is 134 Å². The van der Waals surface area contributed by atoms with E-state index in [4.69, 9.17) is 10.5 Å². The third-order valence-corrected chi connectivity index (χ3v) is 4.96. The Morgan fingerprint density at radius 3 is 2.50 bits per heavy atom. The van der Waals surface area contributed by atoms with Gasteiger partial charge in [-0.25, -0.2) is 0 Å². The lowest BCUT2D eigenvalue weighted by atomic mass is 9.97. The highest BCUT2D eigenvalue weighted by atomic mass is 127. The lowest BCUT2D eigenvalue weighted by molar-refractivity contribution is 0.202. The smallest absolute Gasteiger partial charge is 0.0562 e. The molecule has 2 N–H and O–H groups in total. The molecule has 0 saturated heterocycles. The molecule has 0 aliphatic rings. The standard InChI is InChI=1S/C17H20INO/c1-12-4-3-5-15(16(12)18)17(19)14-8-6-13(7-9-14)10-11-20-2/h3-9,17H,10-11,19H2,1-2H3. The van der Waals surface area contributed by atoms with E-state index in [2.05, 4.69) is 72.0 Å². The highest BCUT2D eigenvalue weighted by Gasteiger charge is 2.13. The molecule has 2 aromatic carbocycles. The van der Waals surface area contributed by atoms with Crippen LogP contribution in [-0.2, 0) is 11.2 Å². The molecule has 1 unspecified atom stereocenters. The van der Waals surface area contributed by atoms with Crippen LogP contribution in [0, 0.1) is 10.5 Å². The minimum absolute atomic E-state index is 0.0710. The predicted molar refractivity (Wildman–Crippen MR) is 91.9 cm³/mol. The van der Waals surface area contributed by atoms with Gasteiger partial charge in [-0.2, -0.15) is 0 Å². The van der Waals surface area contributed by atoms with Crippen LogP contribution in [0.2, 0.25) is 0 Å². The summed E-state index contributed by atoms with van der Waals surface area (Å²) in [5.41, 5.74) is 11.3. The van der Waals surface area contributed by atoms with Crippen molar-refractivity contribution in [1.29, 1.82) is 0 Å². The van der Waals surface area contributed by atoms with Crippen LogP contribution in [0.15, 0.2) is 42.5 Å². The van der Waals surface area contributed by atoms with Gasteiger partial charge in [0.15, 0.2) is 0 Å². The van der Waals surface area contributed by atoms with Crippen molar-refractivity contribution in [2.45, 2.75) is 19.4 Å². The largest absolute Gasteiger partial charge is 0.384 e. The fourth-order valence-corrected chi connectivity index (χ4v) is 2.90. The Morgan fingerprint density at radius 1 is 1.15 bits per heavy atom. The van der Waals surface area contributed by atoms with Gasteiger partial charge in [0, 0.05) is 10.7 Å². The molecule has 0 aromatic heterocycles. The number of hydrogen-bond acceptors (Lipinski definition) is 2. The lowest BCUT2D eigenvalue weighted by Crippen LogP contribution is -2.14. The van der Waals surface area contributed by atoms with Crippen molar-refractivity contribution in [3.8, 4) is 0 Å². The van der Waals surface area contributed by atoms with Gasteiger partial charge in [-0.15, -0.1) is 0 Å². The summed E-state index contributed by atoms with van der Waals surface area (Å²) in [5.74, 6) is 0. The van der Waals surface area contributed by atoms with E-state index in [-0.39, 0.29) is 6.04 Å². The van der Waals surface area contributed by atoms with Crippen molar-refractivity contribution in [1.82, 2.24) is 0 Å². The number of rotatable bonds is 5. The van der Waals surface area contributed by atoms with Crippen LogP contribution in [0.5, 0.6) is 0 Å². The fraction of sp³-hybridized carbons (Fsp3) is 0.294. The average Bonchev–Trinajstić information content (AvgIpc) is 2.48. The molecular formula is C17H20INO. The van der Waals surface area contributed by atoms with Crippen LogP contribution in [0.4, 0.5) is 0 Å². The van der Waals surface area contributed by atoms with Crippen LogP contribution >= 0.6 is 22.6 Å². The first-order valence-electron chi connectivity index (χ1n) is 6.72. The number of hydrogen-bond donors (Lipinski definition) is 1. The number of nitrogens with two attached hydrogens (primary N) is 1. The molecule has 2 aromatic rings. The second kappa shape index (κ2) is 7.20. The normalized spacial score (nSPS) is 12.4. The molecule has 2 nitrogen and oxygen atoms in total. The van der Waals surface area contributed by atoms with Crippen molar-refractivity contribution in [2.75, 3.05) is 13.7 Å². The van der Waals surface area contributed by atoms with Gasteiger partial charge in [0.25, 0.3) is 0 Å². The van der Waals surface area contributed by atoms with Crippen LogP contribution in [0.3, 0.4) is 0 Å². The molecule has 0 bridgehead atoms. The van der Waals surface area contributed by atoms with Gasteiger partial charge < -0.3 is 10.5 Å². The van der Waals surface area contributed by atoms with Crippen molar-refractivity contribution in [3.63, 3.8) is 0 Å². The predicted octanol–water partition coefficient (Wildman–Crippen LogP) is 3.84. The van der Waals surface area contributed by atoms with Crippen LogP contribution in [0.1, 0.15) is 28.3 Å². The molecule has 0 spiro atoms. The Hall–Kier alpha value is -0.910. The molecule has 0 heterocycles. The zero-order chi connectivity index (χ0) is 14.5. The molecule has 1 atom stereocenters. The minimum atomic E-state index is -0.0710. The van der Waals surface area contributed by atoms with Gasteiger partial charge >= 0.3 is 0 Å². The van der Waals surface area contributed by atoms with E-state index >= 15 is 0 Å². The Morgan fingerprint density at radius 2 is 1.85 bits per heavy atom. The van der Waals surface area contributed by atoms with E-state index in [0.717, 1.165) is 18.6 Å². The van der Waals surface area contributed by atoms with Gasteiger partial charge in [0.05, 0.1) is 12.6 Å². The zero-order valence-electron chi connectivity index (χ0n) is 11.9. The Bertz CT molecular complexity index is 566. The van der Waals surface area contributed by atoms with Gasteiger partial charge in [-0.05, 0) is 58.2 Å². The molecule has 20 heavy (non-hydrogen) atoms. The molecule has 106 valence electrons. The summed E-state index contributed by atoms with van der Waals surface area (Å²) in [4.78, 5) is 0. The van der Waals surface area contributed by atoms with Crippen molar-refractivity contribution in [2.24, 2.45) is 5.73 Å². The van der Waals surface area contributed by atoms with E-state index in [0.29, 0.717) is 0 Å². The maximum absolute atomic E-state index is 6.41. The zero-order valence-corrected chi connectivity index (χ0v) is 14.1. The molecule has 0 aliphatic heterocycles. The quantitative estimate of drug-likeness (QED) is 0.799. The van der Waals surface area contributed by atoms with E-state index in [1.165, 1.54) is 20.3 Å². The molecule has 0 fully saturated rings. The summed E-state index contributed by atoms with van der Waals surface area (Å²) in [5, 5.41) is 0. The molecule has 0 aliphatic carbocycles. The van der Waals surface area contributed by atoms with Crippen LogP contribution in [-0.4, -0.2) is 13.7 Å². The average molecular weight is 381 g/mol. The third-order valence-electron chi connectivity index (χ3n) is 3.49. The topological polar surface area (TPSA) is 35.2 Å². The highest BCUT2D eigenvalue weighted by molar-refractivity contribution is 14.1. The minimum Gasteiger partial charge on any atom is -0.384 e. The first kappa shape index (κ1) is 15.5. The number of ether oxygens (including phenoxy) is 1. The highest BCUT2D eigenvalue weighted by Crippen LogP contribution is 2.26. The first-order chi connectivity index (χ1) is 9.63. The molecule has 3 heteroatoms. The SMILES string of the molecule is COCCc1ccc(C(N)c2cccc(C)c2I)cc1. The van der Waals surface area contributed by atoms with Crippen molar-refractivity contribution in [3.05, 3.63) is 68.3 Å². The summed E-state index contributed by atoms with van der Waals surface area (Å²) in [7, 11) is 1.73. The van der Waals surface area contributed by atoms with Crippen molar-refractivity contribution >= 4 is 22.6 Å². The van der Waals surface area contributed by atoms with Crippen LogP contribution < -0.4 is 5.73 Å². The lowest BCUT2D eigenvalue weighted by Gasteiger charge is -2.16. The van der Waals surface area contributed by atoms with E-state index < -0.39 is 0 Å². The monoisotopic (exact) mass is 381 g/mol. The summed E-state index contributed by atoms with van der Waals surface area (Å²) in [6.45, 7) is 2.87. The summed E-state index contributed by atoms with van der Waals surface area (Å²) in [6.07, 6.45) is 0.938. The van der Waals surface area contributed by atoms with Crippen LogP contribution in [0.25, 0.3) is 0 Å². The van der Waals surface area contributed by atoms with Gasteiger partial charge in [-0.3, -0.25) is 0 Å². The van der Waals surface area contributed by atoms with Gasteiger partial charge in [0.2, 0.25) is 0 Å². The van der Waals surface area contributed by atoms with Crippen molar-refractivity contribution < 1.29 is 4.74 Å².